The fraction of sp³-hybridized carbons (Fsp3) is 0.214. The molecule has 0 radical (unpaired) electrons. The van der Waals surface area contributed by atoms with E-state index >= 15 is 0 Å². The van der Waals surface area contributed by atoms with Gasteiger partial charge in [0.05, 0.1) is 18.8 Å². The van der Waals surface area contributed by atoms with Crippen LogP contribution in [0.3, 0.4) is 0 Å². The smallest absolute Gasteiger partial charge is 0.250 e. The number of hydrogen-bond donors (Lipinski definition) is 2. The van der Waals surface area contributed by atoms with Gasteiger partial charge in [0, 0.05) is 5.02 Å². The molecule has 124 valence electrons. The Balaban J connectivity index is 2.11. The third-order valence-electron chi connectivity index (χ3n) is 2.90. The molecule has 2 N–H and O–H groups in total. The number of benzene rings is 1. The SMILES string of the molecule is COc1ccc(Cl)cc1NC(=O)C(C)NS(=O)(=O)c1cccs1. The Bertz CT molecular complexity index is 791. The average molecular weight is 375 g/mol. The zero-order chi connectivity index (χ0) is 17.0. The first kappa shape index (κ1) is 17.7. The zero-order valence-electron chi connectivity index (χ0n) is 12.4. The summed E-state index contributed by atoms with van der Waals surface area (Å²) >= 11 is 6.97. The average Bonchev–Trinajstić information content (AvgIpc) is 3.02. The number of sulfonamides is 1. The van der Waals surface area contributed by atoms with Gasteiger partial charge in [0.1, 0.15) is 9.96 Å². The molecule has 9 heteroatoms. The molecule has 1 aromatic heterocycles. The highest BCUT2D eigenvalue weighted by atomic mass is 35.5. The monoisotopic (exact) mass is 374 g/mol. The first-order valence-corrected chi connectivity index (χ1v) is 9.28. The highest BCUT2D eigenvalue weighted by molar-refractivity contribution is 7.91. The number of carbonyl (C=O) groups is 1. The van der Waals surface area contributed by atoms with Crippen LogP contribution in [-0.4, -0.2) is 27.5 Å². The molecule has 1 unspecified atom stereocenters. The summed E-state index contributed by atoms with van der Waals surface area (Å²) in [7, 11) is -2.27. The molecule has 0 saturated carbocycles. The van der Waals surface area contributed by atoms with Gasteiger partial charge < -0.3 is 10.1 Å². The number of methoxy groups -OCH3 is 1. The van der Waals surface area contributed by atoms with Gasteiger partial charge in [-0.05, 0) is 36.6 Å². The largest absolute Gasteiger partial charge is 0.495 e. The van der Waals surface area contributed by atoms with E-state index in [0.717, 1.165) is 11.3 Å². The summed E-state index contributed by atoms with van der Waals surface area (Å²) in [6, 6.07) is 6.89. The Labute approximate surface area is 143 Å². The molecule has 0 aliphatic rings. The molecule has 2 rings (SSSR count). The first-order valence-electron chi connectivity index (χ1n) is 6.53. The van der Waals surface area contributed by atoms with E-state index < -0.39 is 22.0 Å². The molecule has 0 bridgehead atoms. The summed E-state index contributed by atoms with van der Waals surface area (Å²) in [5, 5.41) is 4.67. The zero-order valence-corrected chi connectivity index (χ0v) is 14.8. The van der Waals surface area contributed by atoms with Crippen molar-refractivity contribution in [3.63, 3.8) is 0 Å². The van der Waals surface area contributed by atoms with Crippen LogP contribution < -0.4 is 14.8 Å². The Morgan fingerprint density at radius 2 is 2.09 bits per heavy atom. The molecule has 0 fully saturated rings. The standard InChI is InChI=1S/C14H15ClN2O4S2/c1-9(17-23(19,20)13-4-3-7-22-13)14(18)16-11-8-10(15)5-6-12(11)21-2/h3-9,17H,1-2H3,(H,16,18). The van der Waals surface area contributed by atoms with Crippen molar-refractivity contribution in [2.45, 2.75) is 17.2 Å². The number of anilines is 1. The molecule has 0 spiro atoms. The Kier molecular flexibility index (Phi) is 5.64. The predicted molar refractivity (Wildman–Crippen MR) is 90.7 cm³/mol. The summed E-state index contributed by atoms with van der Waals surface area (Å²) < 4.78 is 31.8. The molecule has 0 saturated heterocycles. The number of rotatable bonds is 6. The number of nitrogens with one attached hydrogen (secondary N) is 2. The molecule has 1 heterocycles. The molecule has 23 heavy (non-hydrogen) atoms. The van der Waals surface area contributed by atoms with Crippen molar-refractivity contribution in [1.29, 1.82) is 0 Å². The molecule has 1 aromatic carbocycles. The lowest BCUT2D eigenvalue weighted by atomic mass is 10.2. The van der Waals surface area contributed by atoms with Crippen LogP contribution in [0.1, 0.15) is 6.92 Å². The van der Waals surface area contributed by atoms with E-state index in [1.807, 2.05) is 0 Å². The number of halogens is 1. The van der Waals surface area contributed by atoms with Gasteiger partial charge in [-0.3, -0.25) is 4.79 Å². The minimum Gasteiger partial charge on any atom is -0.495 e. The third kappa shape index (κ3) is 4.44. The van der Waals surface area contributed by atoms with Gasteiger partial charge in [-0.2, -0.15) is 4.72 Å². The molecule has 2 aromatic rings. The minimum atomic E-state index is -3.73. The Morgan fingerprint density at radius 1 is 1.35 bits per heavy atom. The van der Waals surface area contributed by atoms with E-state index in [1.165, 1.54) is 26.2 Å². The summed E-state index contributed by atoms with van der Waals surface area (Å²) in [5.74, 6) is -0.0956. The van der Waals surface area contributed by atoms with Crippen molar-refractivity contribution in [3.8, 4) is 5.75 Å². The van der Waals surface area contributed by atoms with E-state index in [4.69, 9.17) is 16.3 Å². The van der Waals surface area contributed by atoms with Crippen LogP contribution in [0.5, 0.6) is 5.75 Å². The molecular weight excluding hydrogens is 360 g/mol. The summed E-state index contributed by atoms with van der Waals surface area (Å²) in [5.41, 5.74) is 0.368. The van der Waals surface area contributed by atoms with Crippen LogP contribution in [0.2, 0.25) is 5.02 Å². The highest BCUT2D eigenvalue weighted by Gasteiger charge is 2.23. The maximum atomic E-state index is 12.2. The number of ether oxygens (including phenoxy) is 1. The number of carbonyl (C=O) groups excluding carboxylic acids is 1. The minimum absolute atomic E-state index is 0.150. The molecule has 1 amide bonds. The van der Waals surface area contributed by atoms with Gasteiger partial charge in [-0.1, -0.05) is 17.7 Å². The van der Waals surface area contributed by atoms with Crippen LogP contribution in [0.25, 0.3) is 0 Å². The third-order valence-corrected chi connectivity index (χ3v) is 6.08. The topological polar surface area (TPSA) is 84.5 Å². The van der Waals surface area contributed by atoms with E-state index in [1.54, 1.807) is 23.6 Å². The molecule has 1 atom stereocenters. The van der Waals surface area contributed by atoms with Crippen LogP contribution in [0.15, 0.2) is 39.9 Å². The predicted octanol–water partition coefficient (Wildman–Crippen LogP) is 2.72. The maximum Gasteiger partial charge on any atom is 0.250 e. The normalized spacial score (nSPS) is 12.7. The van der Waals surface area contributed by atoms with E-state index in [2.05, 4.69) is 10.0 Å². The summed E-state index contributed by atoms with van der Waals surface area (Å²) in [6.45, 7) is 1.46. The fourth-order valence-electron chi connectivity index (χ4n) is 1.78. The quantitative estimate of drug-likeness (QED) is 0.814. The lowest BCUT2D eigenvalue weighted by Gasteiger charge is -2.15. The number of thiophene rings is 1. The van der Waals surface area contributed by atoms with Gasteiger partial charge in [-0.15, -0.1) is 11.3 Å². The molecule has 0 aliphatic carbocycles. The van der Waals surface area contributed by atoms with Crippen molar-refractivity contribution in [2.24, 2.45) is 0 Å². The van der Waals surface area contributed by atoms with Crippen molar-refractivity contribution >= 4 is 44.6 Å². The van der Waals surface area contributed by atoms with Crippen LogP contribution >= 0.6 is 22.9 Å². The molecule has 6 nitrogen and oxygen atoms in total. The van der Waals surface area contributed by atoms with Crippen molar-refractivity contribution in [1.82, 2.24) is 4.72 Å². The highest BCUT2D eigenvalue weighted by Crippen LogP contribution is 2.27. The Morgan fingerprint density at radius 3 is 2.70 bits per heavy atom. The van der Waals surface area contributed by atoms with Gasteiger partial charge in [0.15, 0.2) is 0 Å². The first-order chi connectivity index (χ1) is 10.8. The van der Waals surface area contributed by atoms with E-state index in [9.17, 15) is 13.2 Å². The molecule has 0 aliphatic heterocycles. The second-order valence-electron chi connectivity index (χ2n) is 4.61. The fourth-order valence-corrected chi connectivity index (χ4v) is 4.16. The van der Waals surface area contributed by atoms with Crippen LogP contribution in [0.4, 0.5) is 5.69 Å². The van der Waals surface area contributed by atoms with Crippen molar-refractivity contribution < 1.29 is 17.9 Å². The van der Waals surface area contributed by atoms with Crippen molar-refractivity contribution in [3.05, 3.63) is 40.7 Å². The second kappa shape index (κ2) is 7.31. The number of hydrogen-bond acceptors (Lipinski definition) is 5. The van der Waals surface area contributed by atoms with Gasteiger partial charge in [0.2, 0.25) is 5.91 Å². The Hall–Kier alpha value is -1.61. The second-order valence-corrected chi connectivity index (χ2v) is 7.93. The van der Waals surface area contributed by atoms with Gasteiger partial charge in [0.25, 0.3) is 10.0 Å². The maximum absolute atomic E-state index is 12.2. The van der Waals surface area contributed by atoms with E-state index in [0.29, 0.717) is 16.5 Å². The number of amides is 1. The molecular formula is C14H15ClN2O4S2. The summed E-state index contributed by atoms with van der Waals surface area (Å²) in [6.07, 6.45) is 0. The lowest BCUT2D eigenvalue weighted by Crippen LogP contribution is -2.41. The lowest BCUT2D eigenvalue weighted by molar-refractivity contribution is -0.117. The van der Waals surface area contributed by atoms with E-state index in [-0.39, 0.29) is 4.21 Å². The van der Waals surface area contributed by atoms with Crippen LogP contribution in [0, 0.1) is 0 Å². The van der Waals surface area contributed by atoms with Crippen LogP contribution in [-0.2, 0) is 14.8 Å². The van der Waals surface area contributed by atoms with Gasteiger partial charge in [-0.25, -0.2) is 8.42 Å². The van der Waals surface area contributed by atoms with Gasteiger partial charge >= 0.3 is 0 Å². The summed E-state index contributed by atoms with van der Waals surface area (Å²) in [4.78, 5) is 12.2. The van der Waals surface area contributed by atoms with Crippen molar-refractivity contribution in [2.75, 3.05) is 12.4 Å².